The van der Waals surface area contributed by atoms with E-state index in [9.17, 15) is 5.11 Å². The minimum absolute atomic E-state index is 0.180. The third-order valence-electron chi connectivity index (χ3n) is 8.82. The average molecular weight is 352 g/mol. The first-order valence-electron chi connectivity index (χ1n) is 10.6. The standard InChI is InChI=1S/C24H33NO/c1-16-13-17-14-18(26)15-21(25-11-4-5-12-25)24(17,3)20-8-10-23(2)9-6-7-19(23)22(16)20/h4-6,9,11-13,16,18-22,26H,7-8,10,14-15H2,1-3H3/t16-,18+,19-,20-,21?,22-,23-,24-/m0/s1. The van der Waals surface area contributed by atoms with Gasteiger partial charge in [0.1, 0.15) is 0 Å². The Kier molecular flexibility index (Phi) is 3.64. The van der Waals surface area contributed by atoms with Crippen LogP contribution in [0.15, 0.2) is 48.3 Å². The molecule has 26 heavy (non-hydrogen) atoms. The summed E-state index contributed by atoms with van der Waals surface area (Å²) in [5.41, 5.74) is 2.13. The Morgan fingerprint density at radius 1 is 1.15 bits per heavy atom. The van der Waals surface area contributed by atoms with E-state index in [0.29, 0.717) is 17.4 Å². The molecule has 2 saturated carbocycles. The van der Waals surface area contributed by atoms with Crippen molar-refractivity contribution in [3.63, 3.8) is 0 Å². The summed E-state index contributed by atoms with van der Waals surface area (Å²) in [4.78, 5) is 0. The van der Waals surface area contributed by atoms with Gasteiger partial charge in [-0.1, -0.05) is 44.6 Å². The molecule has 2 heteroatoms. The SMILES string of the molecule is C[C@H]1C=C2C[C@@H](O)CC(n3cccc3)[C@]2(C)[C@H]2CC[C@]3(C)C=CC[C@H]3[C@H]12. The zero-order valence-corrected chi connectivity index (χ0v) is 16.4. The molecule has 0 aromatic carbocycles. The first-order valence-corrected chi connectivity index (χ1v) is 10.6. The highest BCUT2D eigenvalue weighted by atomic mass is 16.3. The molecule has 1 aromatic rings. The first kappa shape index (κ1) is 16.9. The number of hydrogen-bond acceptors (Lipinski definition) is 1. The number of aliphatic hydroxyl groups is 1. The van der Waals surface area contributed by atoms with Crippen molar-refractivity contribution in [2.24, 2.45) is 34.5 Å². The molecule has 0 bridgehead atoms. The number of rotatable bonds is 1. The van der Waals surface area contributed by atoms with E-state index >= 15 is 0 Å². The number of hydrogen-bond donors (Lipinski definition) is 1. The number of aliphatic hydroxyl groups excluding tert-OH is 1. The summed E-state index contributed by atoms with van der Waals surface area (Å²) in [6.07, 6.45) is 17.5. The zero-order chi connectivity index (χ0) is 18.1. The molecule has 0 spiro atoms. The van der Waals surface area contributed by atoms with Crippen LogP contribution in [0.2, 0.25) is 0 Å². The predicted octanol–water partition coefficient (Wildman–Crippen LogP) is 5.37. The first-order chi connectivity index (χ1) is 12.4. The van der Waals surface area contributed by atoms with Crippen molar-refractivity contribution < 1.29 is 5.11 Å². The van der Waals surface area contributed by atoms with Gasteiger partial charge in [-0.05, 0) is 73.3 Å². The van der Waals surface area contributed by atoms with Crippen molar-refractivity contribution in [2.75, 3.05) is 0 Å². The molecule has 1 heterocycles. The van der Waals surface area contributed by atoms with Gasteiger partial charge < -0.3 is 9.67 Å². The molecule has 1 unspecified atom stereocenters. The second-order valence-corrected chi connectivity index (χ2v) is 10.0. The van der Waals surface area contributed by atoms with E-state index in [1.54, 1.807) is 5.57 Å². The maximum Gasteiger partial charge on any atom is 0.0597 e. The largest absolute Gasteiger partial charge is 0.393 e. The molecule has 4 aliphatic carbocycles. The minimum atomic E-state index is -0.201. The Labute approximate surface area is 158 Å². The van der Waals surface area contributed by atoms with E-state index in [1.807, 2.05) is 0 Å². The van der Waals surface area contributed by atoms with Gasteiger partial charge in [0.25, 0.3) is 0 Å². The summed E-state index contributed by atoms with van der Waals surface area (Å²) < 4.78 is 2.39. The van der Waals surface area contributed by atoms with Crippen molar-refractivity contribution in [2.45, 2.75) is 65.0 Å². The Morgan fingerprint density at radius 3 is 2.69 bits per heavy atom. The summed E-state index contributed by atoms with van der Waals surface area (Å²) in [6, 6.07) is 4.65. The Bertz CT molecular complexity index is 746. The molecule has 2 fully saturated rings. The van der Waals surface area contributed by atoms with Gasteiger partial charge in [0.05, 0.1) is 6.10 Å². The van der Waals surface area contributed by atoms with Crippen LogP contribution in [0.3, 0.4) is 0 Å². The smallest absolute Gasteiger partial charge is 0.0597 e. The summed E-state index contributed by atoms with van der Waals surface area (Å²) in [6.45, 7) is 7.48. The van der Waals surface area contributed by atoms with Crippen LogP contribution < -0.4 is 0 Å². The van der Waals surface area contributed by atoms with Crippen LogP contribution >= 0.6 is 0 Å². The second-order valence-electron chi connectivity index (χ2n) is 10.0. The average Bonchev–Trinajstić information content (AvgIpc) is 3.25. The highest BCUT2D eigenvalue weighted by Crippen LogP contribution is 2.66. The van der Waals surface area contributed by atoms with Gasteiger partial charge in [-0.2, -0.15) is 0 Å². The maximum atomic E-state index is 10.6. The van der Waals surface area contributed by atoms with Crippen molar-refractivity contribution >= 4 is 0 Å². The van der Waals surface area contributed by atoms with Crippen LogP contribution in [-0.2, 0) is 0 Å². The Balaban J connectivity index is 1.62. The predicted molar refractivity (Wildman–Crippen MR) is 106 cm³/mol. The normalized spacial score (nSPS) is 49.9. The maximum absolute atomic E-state index is 10.6. The zero-order valence-electron chi connectivity index (χ0n) is 16.4. The lowest BCUT2D eigenvalue weighted by atomic mass is 9.45. The van der Waals surface area contributed by atoms with Crippen molar-refractivity contribution in [3.05, 3.63) is 48.3 Å². The fourth-order valence-electron chi connectivity index (χ4n) is 7.54. The van der Waals surface area contributed by atoms with Gasteiger partial charge in [0.2, 0.25) is 0 Å². The van der Waals surface area contributed by atoms with Gasteiger partial charge in [0.15, 0.2) is 0 Å². The number of nitrogens with zero attached hydrogens (tertiary/aromatic N) is 1. The van der Waals surface area contributed by atoms with Crippen LogP contribution in [0.25, 0.3) is 0 Å². The highest BCUT2D eigenvalue weighted by Gasteiger charge is 2.59. The fraction of sp³-hybridized carbons (Fsp3) is 0.667. The topological polar surface area (TPSA) is 25.2 Å². The van der Waals surface area contributed by atoms with E-state index in [1.165, 1.54) is 19.3 Å². The lowest BCUT2D eigenvalue weighted by Gasteiger charge is -2.61. The molecular weight excluding hydrogens is 318 g/mol. The number of allylic oxidation sites excluding steroid dienone is 3. The molecule has 0 radical (unpaired) electrons. The molecule has 140 valence electrons. The molecule has 1 aromatic heterocycles. The van der Waals surface area contributed by atoms with Crippen LogP contribution in [0.1, 0.15) is 58.9 Å². The molecule has 5 rings (SSSR count). The molecule has 1 N–H and O–H groups in total. The van der Waals surface area contributed by atoms with E-state index < -0.39 is 0 Å². The van der Waals surface area contributed by atoms with Gasteiger partial charge in [-0.3, -0.25) is 0 Å². The molecule has 0 amide bonds. The van der Waals surface area contributed by atoms with E-state index in [2.05, 4.69) is 68.1 Å². The van der Waals surface area contributed by atoms with E-state index in [4.69, 9.17) is 0 Å². The van der Waals surface area contributed by atoms with Crippen molar-refractivity contribution in [3.8, 4) is 0 Å². The van der Waals surface area contributed by atoms with Crippen molar-refractivity contribution in [1.29, 1.82) is 0 Å². The summed E-state index contributed by atoms with van der Waals surface area (Å²) in [5, 5.41) is 10.6. The van der Waals surface area contributed by atoms with E-state index in [-0.39, 0.29) is 11.5 Å². The third kappa shape index (κ3) is 2.14. The Hall–Kier alpha value is -1.28. The number of aromatic nitrogens is 1. The van der Waals surface area contributed by atoms with Crippen LogP contribution in [0.5, 0.6) is 0 Å². The van der Waals surface area contributed by atoms with Crippen molar-refractivity contribution in [1.82, 2.24) is 4.57 Å². The van der Waals surface area contributed by atoms with Crippen LogP contribution in [-0.4, -0.2) is 15.8 Å². The summed E-state index contributed by atoms with van der Waals surface area (Å²) >= 11 is 0. The van der Waals surface area contributed by atoms with Crippen LogP contribution in [0, 0.1) is 34.5 Å². The second kappa shape index (κ2) is 5.61. The van der Waals surface area contributed by atoms with Gasteiger partial charge in [-0.15, -0.1) is 0 Å². The molecule has 0 aliphatic heterocycles. The molecular formula is C24H33NO. The van der Waals surface area contributed by atoms with E-state index in [0.717, 1.165) is 30.6 Å². The van der Waals surface area contributed by atoms with Gasteiger partial charge in [0, 0.05) is 23.9 Å². The molecule has 4 aliphatic rings. The van der Waals surface area contributed by atoms with Gasteiger partial charge >= 0.3 is 0 Å². The Morgan fingerprint density at radius 2 is 1.92 bits per heavy atom. The van der Waals surface area contributed by atoms with Gasteiger partial charge in [-0.25, -0.2) is 0 Å². The lowest BCUT2D eigenvalue weighted by Crippen LogP contribution is -2.55. The molecule has 2 nitrogen and oxygen atoms in total. The minimum Gasteiger partial charge on any atom is -0.393 e. The number of fused-ring (bicyclic) bond motifs is 5. The van der Waals surface area contributed by atoms with Crippen LogP contribution in [0.4, 0.5) is 0 Å². The highest BCUT2D eigenvalue weighted by molar-refractivity contribution is 5.30. The molecule has 0 saturated heterocycles. The third-order valence-corrected chi connectivity index (χ3v) is 8.82. The summed E-state index contributed by atoms with van der Waals surface area (Å²) in [5.74, 6) is 2.92. The monoisotopic (exact) mass is 351 g/mol. The molecule has 8 atom stereocenters. The lowest BCUT2D eigenvalue weighted by molar-refractivity contribution is -0.0684. The summed E-state index contributed by atoms with van der Waals surface area (Å²) in [7, 11) is 0. The fourth-order valence-corrected chi connectivity index (χ4v) is 7.54. The quantitative estimate of drug-likeness (QED) is 0.676.